The number of rotatable bonds is 4. The molecule has 0 amide bonds. The molecular formula is C14H22O3. The molecule has 96 valence electrons. The standard InChI is InChI=1S/C14H22O3/c1-2-17-13(16)14(9-5-6-10-14)12(15)11-7-3-4-8-11/h11H,2-10H2,1H3. The van der Waals surface area contributed by atoms with Gasteiger partial charge >= 0.3 is 5.97 Å². The smallest absolute Gasteiger partial charge is 0.319 e. The van der Waals surface area contributed by atoms with Gasteiger partial charge < -0.3 is 4.74 Å². The molecule has 2 rings (SSSR count). The van der Waals surface area contributed by atoms with Gasteiger partial charge in [0.1, 0.15) is 5.41 Å². The summed E-state index contributed by atoms with van der Waals surface area (Å²) in [6.45, 7) is 2.18. The van der Waals surface area contributed by atoms with Crippen LogP contribution in [-0.4, -0.2) is 18.4 Å². The molecule has 0 aromatic carbocycles. The molecule has 0 aromatic heterocycles. The van der Waals surface area contributed by atoms with Crippen LogP contribution in [0.15, 0.2) is 0 Å². The van der Waals surface area contributed by atoms with Crippen LogP contribution in [0.5, 0.6) is 0 Å². The van der Waals surface area contributed by atoms with Crippen LogP contribution in [-0.2, 0) is 14.3 Å². The molecule has 0 saturated heterocycles. The van der Waals surface area contributed by atoms with Crippen molar-refractivity contribution >= 4 is 11.8 Å². The van der Waals surface area contributed by atoms with Crippen molar-refractivity contribution in [1.29, 1.82) is 0 Å². The lowest BCUT2D eigenvalue weighted by atomic mass is 9.76. The van der Waals surface area contributed by atoms with Gasteiger partial charge in [0.15, 0.2) is 5.78 Å². The van der Waals surface area contributed by atoms with Gasteiger partial charge in [0.05, 0.1) is 6.61 Å². The quantitative estimate of drug-likeness (QED) is 0.558. The van der Waals surface area contributed by atoms with Crippen LogP contribution in [0, 0.1) is 11.3 Å². The molecule has 0 aliphatic heterocycles. The maximum Gasteiger partial charge on any atom is 0.319 e. The Morgan fingerprint density at radius 3 is 2.24 bits per heavy atom. The Bertz CT molecular complexity index is 297. The molecule has 3 heteroatoms. The van der Waals surface area contributed by atoms with Crippen molar-refractivity contribution in [3.8, 4) is 0 Å². The van der Waals surface area contributed by atoms with Crippen LogP contribution in [0.3, 0.4) is 0 Å². The molecule has 0 unspecified atom stereocenters. The molecule has 17 heavy (non-hydrogen) atoms. The maximum absolute atomic E-state index is 12.6. The summed E-state index contributed by atoms with van der Waals surface area (Å²) in [4.78, 5) is 24.7. The van der Waals surface area contributed by atoms with E-state index in [0.29, 0.717) is 19.4 Å². The third-order valence-corrected chi connectivity index (χ3v) is 4.32. The van der Waals surface area contributed by atoms with Crippen LogP contribution < -0.4 is 0 Å². The van der Waals surface area contributed by atoms with E-state index in [1.807, 2.05) is 0 Å². The first-order valence-electron chi connectivity index (χ1n) is 6.92. The van der Waals surface area contributed by atoms with Crippen molar-refractivity contribution in [3.05, 3.63) is 0 Å². The second-order valence-electron chi connectivity index (χ2n) is 5.36. The molecule has 0 N–H and O–H groups in total. The molecule has 0 aromatic rings. The van der Waals surface area contributed by atoms with E-state index in [1.54, 1.807) is 6.92 Å². The molecule has 2 fully saturated rings. The third kappa shape index (κ3) is 2.24. The van der Waals surface area contributed by atoms with Crippen molar-refractivity contribution in [3.63, 3.8) is 0 Å². The summed E-state index contributed by atoms with van der Waals surface area (Å²) >= 11 is 0. The van der Waals surface area contributed by atoms with Gasteiger partial charge in [0, 0.05) is 5.92 Å². The number of carbonyl (C=O) groups excluding carboxylic acids is 2. The van der Waals surface area contributed by atoms with Gasteiger partial charge in [-0.1, -0.05) is 25.7 Å². The summed E-state index contributed by atoms with van der Waals surface area (Å²) in [5, 5.41) is 0. The van der Waals surface area contributed by atoms with E-state index in [0.717, 1.165) is 38.5 Å². The molecule has 0 spiro atoms. The van der Waals surface area contributed by atoms with E-state index >= 15 is 0 Å². The van der Waals surface area contributed by atoms with Crippen LogP contribution in [0.2, 0.25) is 0 Å². The zero-order valence-electron chi connectivity index (χ0n) is 10.7. The molecule has 0 bridgehead atoms. The lowest BCUT2D eigenvalue weighted by Gasteiger charge is -2.27. The lowest BCUT2D eigenvalue weighted by molar-refractivity contribution is -0.161. The summed E-state index contributed by atoms with van der Waals surface area (Å²) in [6, 6.07) is 0. The van der Waals surface area contributed by atoms with Crippen molar-refractivity contribution < 1.29 is 14.3 Å². The van der Waals surface area contributed by atoms with Gasteiger partial charge in [-0.2, -0.15) is 0 Å². The minimum absolute atomic E-state index is 0.123. The Morgan fingerprint density at radius 2 is 1.71 bits per heavy atom. The van der Waals surface area contributed by atoms with Crippen molar-refractivity contribution in [2.75, 3.05) is 6.61 Å². The van der Waals surface area contributed by atoms with E-state index in [9.17, 15) is 9.59 Å². The molecule has 0 heterocycles. The highest BCUT2D eigenvalue weighted by Gasteiger charge is 2.51. The Labute approximate surface area is 103 Å². The van der Waals surface area contributed by atoms with Crippen LogP contribution in [0.1, 0.15) is 58.3 Å². The number of Topliss-reactive ketones (excluding diaryl/α,β-unsaturated/α-hetero) is 1. The number of hydrogen-bond acceptors (Lipinski definition) is 3. The maximum atomic E-state index is 12.6. The molecular weight excluding hydrogens is 216 g/mol. The van der Waals surface area contributed by atoms with Crippen LogP contribution in [0.4, 0.5) is 0 Å². The molecule has 2 aliphatic carbocycles. The first-order valence-corrected chi connectivity index (χ1v) is 6.92. The second-order valence-corrected chi connectivity index (χ2v) is 5.36. The predicted molar refractivity (Wildman–Crippen MR) is 64.5 cm³/mol. The van der Waals surface area contributed by atoms with E-state index in [1.165, 1.54) is 0 Å². The molecule has 2 aliphatic rings. The fourth-order valence-corrected chi connectivity index (χ4v) is 3.38. The number of ketones is 1. The van der Waals surface area contributed by atoms with E-state index in [2.05, 4.69) is 0 Å². The lowest BCUT2D eigenvalue weighted by Crippen LogP contribution is -2.41. The molecule has 3 nitrogen and oxygen atoms in total. The molecule has 0 radical (unpaired) electrons. The first-order chi connectivity index (χ1) is 8.20. The van der Waals surface area contributed by atoms with E-state index in [-0.39, 0.29) is 17.7 Å². The number of carbonyl (C=O) groups is 2. The number of esters is 1. The average molecular weight is 238 g/mol. The van der Waals surface area contributed by atoms with Gasteiger partial charge in [-0.3, -0.25) is 9.59 Å². The van der Waals surface area contributed by atoms with Gasteiger partial charge in [-0.15, -0.1) is 0 Å². The summed E-state index contributed by atoms with van der Waals surface area (Å²) in [5.41, 5.74) is -0.773. The van der Waals surface area contributed by atoms with Crippen molar-refractivity contribution in [2.45, 2.75) is 58.3 Å². The monoisotopic (exact) mass is 238 g/mol. The van der Waals surface area contributed by atoms with Gasteiger partial charge in [-0.05, 0) is 32.6 Å². The van der Waals surface area contributed by atoms with E-state index < -0.39 is 5.41 Å². The summed E-state index contributed by atoms with van der Waals surface area (Å²) < 4.78 is 5.15. The van der Waals surface area contributed by atoms with Crippen molar-refractivity contribution in [2.24, 2.45) is 11.3 Å². The Balaban J connectivity index is 2.15. The fourth-order valence-electron chi connectivity index (χ4n) is 3.38. The predicted octanol–water partition coefficient (Wildman–Crippen LogP) is 2.87. The zero-order valence-corrected chi connectivity index (χ0v) is 10.7. The highest BCUT2D eigenvalue weighted by atomic mass is 16.5. The molecule has 0 atom stereocenters. The minimum atomic E-state index is -0.773. The Morgan fingerprint density at radius 1 is 1.12 bits per heavy atom. The first kappa shape index (κ1) is 12.6. The normalized spacial score (nSPS) is 23.8. The second kappa shape index (κ2) is 5.19. The number of hydrogen-bond donors (Lipinski definition) is 0. The largest absolute Gasteiger partial charge is 0.465 e. The summed E-state index contributed by atoms with van der Waals surface area (Å²) in [6.07, 6.45) is 7.60. The van der Waals surface area contributed by atoms with Gasteiger partial charge in [-0.25, -0.2) is 0 Å². The van der Waals surface area contributed by atoms with E-state index in [4.69, 9.17) is 4.74 Å². The van der Waals surface area contributed by atoms with Crippen LogP contribution >= 0.6 is 0 Å². The molecule has 2 saturated carbocycles. The summed E-state index contributed by atoms with van der Waals surface area (Å²) in [5.74, 6) is 0.0536. The van der Waals surface area contributed by atoms with Crippen LogP contribution in [0.25, 0.3) is 0 Å². The van der Waals surface area contributed by atoms with Crippen molar-refractivity contribution in [1.82, 2.24) is 0 Å². The number of ether oxygens (including phenoxy) is 1. The summed E-state index contributed by atoms with van der Waals surface area (Å²) in [7, 11) is 0. The average Bonchev–Trinajstić information content (AvgIpc) is 3.01. The topological polar surface area (TPSA) is 43.4 Å². The van der Waals surface area contributed by atoms with Gasteiger partial charge in [0.25, 0.3) is 0 Å². The highest BCUT2D eigenvalue weighted by molar-refractivity contribution is 6.05. The zero-order chi connectivity index (χ0) is 12.3. The fraction of sp³-hybridized carbons (Fsp3) is 0.857. The highest BCUT2D eigenvalue weighted by Crippen LogP contribution is 2.44. The Hall–Kier alpha value is -0.860. The van der Waals surface area contributed by atoms with Gasteiger partial charge in [0.2, 0.25) is 0 Å². The minimum Gasteiger partial charge on any atom is -0.465 e. The Kier molecular flexibility index (Phi) is 3.85. The SMILES string of the molecule is CCOC(=O)C1(C(=O)C2CCCC2)CCCC1. The third-order valence-electron chi connectivity index (χ3n) is 4.32.